The van der Waals surface area contributed by atoms with Crippen molar-refractivity contribution in [2.75, 3.05) is 19.7 Å². The van der Waals surface area contributed by atoms with E-state index in [0.717, 1.165) is 32.4 Å². The van der Waals surface area contributed by atoms with E-state index in [0.29, 0.717) is 12.0 Å². The van der Waals surface area contributed by atoms with Crippen LogP contribution >= 0.6 is 0 Å². The molecule has 0 aromatic heterocycles. The monoisotopic (exact) mass is 251 g/mol. The maximum atomic E-state index is 12.9. The highest BCUT2D eigenvalue weighted by Crippen LogP contribution is 2.31. The van der Waals surface area contributed by atoms with Gasteiger partial charge in [-0.3, -0.25) is 0 Å². The minimum absolute atomic E-state index is 0.162. The van der Waals surface area contributed by atoms with Crippen molar-refractivity contribution in [3.63, 3.8) is 0 Å². The highest BCUT2D eigenvalue weighted by Gasteiger charge is 2.29. The predicted octanol–water partition coefficient (Wildman–Crippen LogP) is 2.78. The molecule has 2 rings (SSSR count). The first kappa shape index (κ1) is 13.5. The van der Waals surface area contributed by atoms with Gasteiger partial charge in [-0.2, -0.15) is 0 Å². The molecule has 0 aliphatic carbocycles. The Kier molecular flexibility index (Phi) is 4.72. The van der Waals surface area contributed by atoms with Crippen molar-refractivity contribution in [3.8, 4) is 0 Å². The molecule has 3 heteroatoms. The number of aliphatic hydroxyl groups excluding tert-OH is 1. The summed E-state index contributed by atoms with van der Waals surface area (Å²) < 4.78 is 12.9. The van der Waals surface area contributed by atoms with E-state index in [1.54, 1.807) is 12.1 Å². The van der Waals surface area contributed by atoms with Gasteiger partial charge in [0.05, 0.1) is 0 Å². The van der Waals surface area contributed by atoms with Crippen LogP contribution in [-0.2, 0) is 0 Å². The molecule has 2 unspecified atom stereocenters. The normalized spacial score (nSPS) is 24.6. The smallest absolute Gasteiger partial charge is 0.123 e. The number of rotatable bonds is 5. The van der Waals surface area contributed by atoms with Gasteiger partial charge >= 0.3 is 0 Å². The lowest BCUT2D eigenvalue weighted by Gasteiger charge is -2.20. The summed E-state index contributed by atoms with van der Waals surface area (Å²) in [5.41, 5.74) is 1.24. The second kappa shape index (κ2) is 6.30. The number of hydrogen-bond donors (Lipinski definition) is 1. The molecule has 0 amide bonds. The molecule has 1 aliphatic rings. The Bertz CT molecular complexity index is 365. The molecule has 2 nitrogen and oxygen atoms in total. The molecule has 2 atom stereocenters. The Morgan fingerprint density at radius 1 is 1.28 bits per heavy atom. The van der Waals surface area contributed by atoms with Crippen LogP contribution < -0.4 is 0 Å². The maximum Gasteiger partial charge on any atom is 0.123 e. The summed E-state index contributed by atoms with van der Waals surface area (Å²) in [4.78, 5) is 2.48. The topological polar surface area (TPSA) is 23.5 Å². The molecule has 1 aliphatic heterocycles. The SMILES string of the molecule is CC1CC(c2ccc(F)cc2)CN1CCCCO. The zero-order valence-electron chi connectivity index (χ0n) is 11.0. The van der Waals surface area contributed by atoms with Crippen molar-refractivity contribution >= 4 is 0 Å². The van der Waals surface area contributed by atoms with E-state index in [2.05, 4.69) is 11.8 Å². The Balaban J connectivity index is 1.91. The van der Waals surface area contributed by atoms with E-state index in [1.165, 1.54) is 5.56 Å². The Hall–Kier alpha value is -0.930. The highest BCUT2D eigenvalue weighted by atomic mass is 19.1. The van der Waals surface area contributed by atoms with Crippen molar-refractivity contribution < 1.29 is 9.50 Å². The Morgan fingerprint density at radius 3 is 2.67 bits per heavy atom. The lowest BCUT2D eigenvalue weighted by atomic mass is 9.97. The lowest BCUT2D eigenvalue weighted by molar-refractivity contribution is 0.237. The minimum atomic E-state index is -0.162. The second-order valence-corrected chi connectivity index (χ2v) is 5.26. The van der Waals surface area contributed by atoms with Crippen LogP contribution in [0.2, 0.25) is 0 Å². The van der Waals surface area contributed by atoms with Crippen LogP contribution in [0.15, 0.2) is 24.3 Å². The van der Waals surface area contributed by atoms with Crippen LogP contribution in [0.4, 0.5) is 4.39 Å². The lowest BCUT2D eigenvalue weighted by Crippen LogP contribution is -2.28. The van der Waals surface area contributed by atoms with Crippen LogP contribution in [0.3, 0.4) is 0 Å². The molecule has 18 heavy (non-hydrogen) atoms. The summed E-state index contributed by atoms with van der Waals surface area (Å²) in [5.74, 6) is 0.360. The van der Waals surface area contributed by atoms with Crippen molar-refractivity contribution in [3.05, 3.63) is 35.6 Å². The van der Waals surface area contributed by atoms with Gasteiger partial charge < -0.3 is 10.0 Å². The summed E-state index contributed by atoms with van der Waals surface area (Å²) in [5, 5.41) is 8.81. The molecule has 1 heterocycles. The number of halogens is 1. The molecule has 0 saturated carbocycles. The zero-order valence-corrected chi connectivity index (χ0v) is 11.0. The zero-order chi connectivity index (χ0) is 13.0. The molecule has 1 N–H and O–H groups in total. The largest absolute Gasteiger partial charge is 0.396 e. The van der Waals surface area contributed by atoms with Crippen LogP contribution in [0.5, 0.6) is 0 Å². The average Bonchev–Trinajstić information content (AvgIpc) is 2.72. The van der Waals surface area contributed by atoms with Gasteiger partial charge in [0.25, 0.3) is 0 Å². The van der Waals surface area contributed by atoms with E-state index < -0.39 is 0 Å². The molecule has 1 aromatic carbocycles. The first-order valence-corrected chi connectivity index (χ1v) is 6.81. The van der Waals surface area contributed by atoms with Gasteiger partial charge in [-0.1, -0.05) is 12.1 Å². The molecule has 1 saturated heterocycles. The summed E-state index contributed by atoms with van der Waals surface area (Å²) in [6, 6.07) is 7.50. The van der Waals surface area contributed by atoms with Crippen LogP contribution in [-0.4, -0.2) is 35.7 Å². The number of nitrogens with zero attached hydrogens (tertiary/aromatic N) is 1. The fourth-order valence-electron chi connectivity index (χ4n) is 2.81. The third-order valence-electron chi connectivity index (χ3n) is 3.90. The number of unbranched alkanes of at least 4 members (excludes halogenated alkanes) is 1. The van der Waals surface area contributed by atoms with Gasteiger partial charge in [-0.15, -0.1) is 0 Å². The molecular formula is C15H22FNO. The van der Waals surface area contributed by atoms with E-state index in [4.69, 9.17) is 5.11 Å². The summed E-state index contributed by atoms with van der Waals surface area (Å²) in [7, 11) is 0. The van der Waals surface area contributed by atoms with Crippen LogP contribution in [0.1, 0.15) is 37.7 Å². The van der Waals surface area contributed by atoms with E-state index >= 15 is 0 Å². The molecule has 0 radical (unpaired) electrons. The van der Waals surface area contributed by atoms with Gasteiger partial charge in [-0.25, -0.2) is 4.39 Å². The van der Waals surface area contributed by atoms with E-state index in [1.807, 2.05) is 12.1 Å². The standard InChI is InChI=1S/C15H22FNO/c1-12-10-14(11-17(12)8-2-3-9-18)13-4-6-15(16)7-5-13/h4-7,12,14,18H,2-3,8-11H2,1H3. The molecule has 0 bridgehead atoms. The first-order valence-electron chi connectivity index (χ1n) is 6.81. The summed E-state index contributed by atoms with van der Waals surface area (Å²) in [6.07, 6.45) is 3.08. The summed E-state index contributed by atoms with van der Waals surface area (Å²) in [6.45, 7) is 4.64. The first-order chi connectivity index (χ1) is 8.70. The average molecular weight is 251 g/mol. The summed E-state index contributed by atoms with van der Waals surface area (Å²) >= 11 is 0. The van der Waals surface area contributed by atoms with Gasteiger partial charge in [0.2, 0.25) is 0 Å². The van der Waals surface area contributed by atoms with Gasteiger partial charge in [0, 0.05) is 19.2 Å². The van der Waals surface area contributed by atoms with Crippen molar-refractivity contribution in [2.24, 2.45) is 0 Å². The number of likely N-dealkylation sites (tertiary alicyclic amines) is 1. The van der Waals surface area contributed by atoms with Gasteiger partial charge in [0.1, 0.15) is 5.82 Å². The van der Waals surface area contributed by atoms with Crippen LogP contribution in [0, 0.1) is 5.82 Å². The van der Waals surface area contributed by atoms with E-state index in [-0.39, 0.29) is 12.4 Å². The number of benzene rings is 1. The molecule has 0 spiro atoms. The molecule has 100 valence electrons. The minimum Gasteiger partial charge on any atom is -0.396 e. The van der Waals surface area contributed by atoms with Gasteiger partial charge in [-0.05, 0) is 56.3 Å². The fraction of sp³-hybridized carbons (Fsp3) is 0.600. The Labute approximate surface area is 108 Å². The van der Waals surface area contributed by atoms with Crippen LogP contribution in [0.25, 0.3) is 0 Å². The Morgan fingerprint density at radius 2 is 2.00 bits per heavy atom. The van der Waals surface area contributed by atoms with E-state index in [9.17, 15) is 4.39 Å². The quantitative estimate of drug-likeness (QED) is 0.813. The number of hydrogen-bond acceptors (Lipinski definition) is 2. The maximum absolute atomic E-state index is 12.9. The van der Waals surface area contributed by atoms with Crippen molar-refractivity contribution in [1.82, 2.24) is 4.90 Å². The molecule has 1 aromatic rings. The third kappa shape index (κ3) is 3.30. The second-order valence-electron chi connectivity index (χ2n) is 5.26. The van der Waals surface area contributed by atoms with Gasteiger partial charge in [0.15, 0.2) is 0 Å². The van der Waals surface area contributed by atoms with Crippen molar-refractivity contribution in [1.29, 1.82) is 0 Å². The predicted molar refractivity (Wildman–Crippen MR) is 71.1 cm³/mol. The molecule has 1 fully saturated rings. The highest BCUT2D eigenvalue weighted by molar-refractivity contribution is 5.22. The number of aliphatic hydroxyl groups is 1. The molecular weight excluding hydrogens is 229 g/mol. The fourth-order valence-corrected chi connectivity index (χ4v) is 2.81. The third-order valence-corrected chi connectivity index (χ3v) is 3.90. The van der Waals surface area contributed by atoms with Crippen molar-refractivity contribution in [2.45, 2.75) is 38.1 Å².